The Morgan fingerprint density at radius 1 is 1.59 bits per heavy atom. The Balaban J connectivity index is 2.05. The molecule has 2 N–H and O–H groups in total. The van der Waals surface area contributed by atoms with Crippen LogP contribution in [0.4, 0.5) is 0 Å². The molecule has 3 heterocycles. The monoisotopic (exact) mass is 240 g/mol. The average Bonchev–Trinajstić information content (AvgIpc) is 2.75. The smallest absolute Gasteiger partial charge is 0.302 e. The van der Waals surface area contributed by atoms with Crippen LogP contribution in [0.2, 0.25) is 0 Å². The van der Waals surface area contributed by atoms with E-state index in [1.165, 1.54) is 6.07 Å². The largest absolute Gasteiger partial charge is 0.453 e. The zero-order chi connectivity index (χ0) is 12.2. The van der Waals surface area contributed by atoms with E-state index in [9.17, 15) is 9.90 Å². The molecule has 7 nitrogen and oxygen atoms in total. The number of aliphatic hydroxyl groups excluding tert-OH is 2. The molecule has 92 valence electrons. The zero-order valence-electron chi connectivity index (χ0n) is 9.11. The van der Waals surface area contributed by atoms with Gasteiger partial charge < -0.3 is 19.7 Å². The van der Waals surface area contributed by atoms with Gasteiger partial charge in [-0.2, -0.15) is 4.98 Å². The highest BCUT2D eigenvalue weighted by Gasteiger charge is 2.51. The van der Waals surface area contributed by atoms with Crippen molar-refractivity contribution in [3.05, 3.63) is 22.1 Å². The lowest BCUT2D eigenvalue weighted by atomic mass is 10.1. The minimum Gasteiger partial charge on any atom is -0.453 e. The van der Waals surface area contributed by atoms with Gasteiger partial charge in [-0.25, -0.2) is 0 Å². The van der Waals surface area contributed by atoms with Crippen molar-refractivity contribution in [2.45, 2.75) is 31.5 Å². The van der Waals surface area contributed by atoms with Crippen LogP contribution in [0.15, 0.2) is 10.9 Å². The Kier molecular flexibility index (Phi) is 2.22. The van der Waals surface area contributed by atoms with Crippen molar-refractivity contribution >= 4 is 0 Å². The van der Waals surface area contributed by atoms with E-state index in [2.05, 4.69) is 4.98 Å². The van der Waals surface area contributed by atoms with Crippen LogP contribution in [-0.4, -0.2) is 44.7 Å². The van der Waals surface area contributed by atoms with E-state index in [0.29, 0.717) is 5.69 Å². The average molecular weight is 240 g/mol. The molecular weight excluding hydrogens is 228 g/mol. The molecule has 0 amide bonds. The summed E-state index contributed by atoms with van der Waals surface area (Å²) in [6.45, 7) is 1.46. The quantitative estimate of drug-likeness (QED) is 0.624. The Hall–Kier alpha value is -1.44. The van der Waals surface area contributed by atoms with Crippen molar-refractivity contribution in [2.75, 3.05) is 6.61 Å². The van der Waals surface area contributed by atoms with E-state index in [0.717, 1.165) is 0 Å². The summed E-state index contributed by atoms with van der Waals surface area (Å²) in [5.74, 6) is 0. The molecule has 1 fully saturated rings. The number of fused-ring (bicyclic) bond motifs is 3. The molecule has 1 aromatic rings. The van der Waals surface area contributed by atoms with E-state index in [1.807, 2.05) is 0 Å². The van der Waals surface area contributed by atoms with Crippen LogP contribution in [0, 0.1) is 6.92 Å². The fourth-order valence-corrected chi connectivity index (χ4v) is 2.30. The molecule has 2 aliphatic heterocycles. The molecule has 2 aliphatic rings. The predicted molar refractivity (Wildman–Crippen MR) is 54.7 cm³/mol. The summed E-state index contributed by atoms with van der Waals surface area (Å²) in [4.78, 5) is 14.9. The van der Waals surface area contributed by atoms with E-state index < -0.39 is 24.5 Å². The fourth-order valence-electron chi connectivity index (χ4n) is 2.30. The first-order valence-corrected chi connectivity index (χ1v) is 5.33. The number of aliphatic hydroxyl groups is 2. The van der Waals surface area contributed by atoms with Crippen molar-refractivity contribution in [2.24, 2.45) is 0 Å². The standard InChI is InChI=1S/C10H12N2O5/c1-4-2-6(14)11-10-12(4)9-8(17-10)7(15)5(3-13)16-9/h2,5,7-9,13,15H,3H2,1H3/t5-,7-,8+,9-/m0/s1. The van der Waals surface area contributed by atoms with E-state index >= 15 is 0 Å². The molecule has 0 aromatic carbocycles. The van der Waals surface area contributed by atoms with Crippen molar-refractivity contribution in [3.63, 3.8) is 0 Å². The molecule has 0 aliphatic carbocycles. The van der Waals surface area contributed by atoms with Gasteiger partial charge in [0.1, 0.15) is 12.2 Å². The number of aromatic nitrogens is 2. The SMILES string of the molecule is Cc1cc(=O)nc2n1[C@H]1O[C@@H](CO)[C@H](O)[C@H]1O2. The maximum Gasteiger partial charge on any atom is 0.302 e. The second kappa shape index (κ2) is 3.52. The molecule has 7 heteroatoms. The third kappa shape index (κ3) is 1.40. The summed E-state index contributed by atoms with van der Waals surface area (Å²) >= 11 is 0. The van der Waals surface area contributed by atoms with Gasteiger partial charge in [0.05, 0.1) is 6.61 Å². The van der Waals surface area contributed by atoms with E-state index in [4.69, 9.17) is 14.6 Å². The van der Waals surface area contributed by atoms with Crippen LogP contribution in [0.25, 0.3) is 0 Å². The Bertz CT molecular complexity index is 514. The lowest BCUT2D eigenvalue weighted by Gasteiger charge is -2.15. The molecule has 0 bridgehead atoms. The summed E-state index contributed by atoms with van der Waals surface area (Å²) in [7, 11) is 0. The van der Waals surface area contributed by atoms with Crippen molar-refractivity contribution in [3.8, 4) is 6.01 Å². The minimum absolute atomic E-state index is 0.153. The Morgan fingerprint density at radius 3 is 3.06 bits per heavy atom. The highest BCUT2D eigenvalue weighted by Crippen LogP contribution is 2.39. The number of aryl methyl sites for hydroxylation is 1. The number of rotatable bonds is 1. The second-order valence-electron chi connectivity index (χ2n) is 4.21. The first kappa shape index (κ1) is 10.7. The molecule has 1 aromatic heterocycles. The normalized spacial score (nSPS) is 34.3. The second-order valence-corrected chi connectivity index (χ2v) is 4.21. The topological polar surface area (TPSA) is 93.8 Å². The number of hydrogen-bond acceptors (Lipinski definition) is 6. The molecule has 4 atom stereocenters. The highest BCUT2D eigenvalue weighted by atomic mass is 16.6. The molecule has 0 radical (unpaired) electrons. The van der Waals surface area contributed by atoms with Gasteiger partial charge in [-0.05, 0) is 6.92 Å². The van der Waals surface area contributed by atoms with Gasteiger partial charge in [0.2, 0.25) is 0 Å². The Morgan fingerprint density at radius 2 is 2.35 bits per heavy atom. The zero-order valence-corrected chi connectivity index (χ0v) is 9.11. The third-order valence-electron chi connectivity index (χ3n) is 3.11. The Labute approximate surface area is 96.2 Å². The summed E-state index contributed by atoms with van der Waals surface area (Å²) in [6, 6.07) is 1.53. The van der Waals surface area contributed by atoms with Crippen LogP contribution in [0.1, 0.15) is 11.9 Å². The number of nitrogens with zero attached hydrogens (tertiary/aromatic N) is 2. The third-order valence-corrected chi connectivity index (χ3v) is 3.11. The van der Waals surface area contributed by atoms with Crippen LogP contribution in [0.5, 0.6) is 6.01 Å². The lowest BCUT2D eigenvalue weighted by molar-refractivity contribution is -0.0440. The van der Waals surface area contributed by atoms with Crippen LogP contribution < -0.4 is 10.3 Å². The summed E-state index contributed by atoms with van der Waals surface area (Å²) in [5, 5.41) is 18.9. The summed E-state index contributed by atoms with van der Waals surface area (Å²) in [5.41, 5.74) is 0.264. The summed E-state index contributed by atoms with van der Waals surface area (Å²) in [6.07, 6.45) is -2.76. The van der Waals surface area contributed by atoms with Gasteiger partial charge in [0, 0.05) is 11.8 Å². The molecular formula is C10H12N2O5. The highest BCUT2D eigenvalue weighted by molar-refractivity contribution is 5.16. The number of ether oxygens (including phenoxy) is 2. The van der Waals surface area contributed by atoms with Gasteiger partial charge in [-0.3, -0.25) is 9.36 Å². The first-order chi connectivity index (χ1) is 8.11. The predicted octanol–water partition coefficient (Wildman–Crippen LogP) is -1.44. The molecule has 1 saturated heterocycles. The molecule has 0 spiro atoms. The molecule has 0 unspecified atom stereocenters. The molecule has 0 saturated carbocycles. The van der Waals surface area contributed by atoms with Crippen LogP contribution in [0.3, 0.4) is 0 Å². The van der Waals surface area contributed by atoms with E-state index in [-0.39, 0.29) is 18.2 Å². The van der Waals surface area contributed by atoms with Gasteiger partial charge in [0.25, 0.3) is 5.56 Å². The van der Waals surface area contributed by atoms with Crippen molar-refractivity contribution in [1.82, 2.24) is 9.55 Å². The van der Waals surface area contributed by atoms with Gasteiger partial charge in [-0.15, -0.1) is 0 Å². The fraction of sp³-hybridized carbons (Fsp3) is 0.600. The van der Waals surface area contributed by atoms with Gasteiger partial charge in [0.15, 0.2) is 12.3 Å². The van der Waals surface area contributed by atoms with Gasteiger partial charge in [-0.1, -0.05) is 0 Å². The lowest BCUT2D eigenvalue weighted by Crippen LogP contribution is -2.34. The van der Waals surface area contributed by atoms with E-state index in [1.54, 1.807) is 11.5 Å². The minimum atomic E-state index is -0.929. The van der Waals surface area contributed by atoms with Crippen molar-refractivity contribution < 1.29 is 19.7 Å². The maximum absolute atomic E-state index is 11.2. The van der Waals surface area contributed by atoms with Crippen molar-refractivity contribution in [1.29, 1.82) is 0 Å². The van der Waals surface area contributed by atoms with Crippen LogP contribution >= 0.6 is 0 Å². The first-order valence-electron chi connectivity index (χ1n) is 5.33. The van der Waals surface area contributed by atoms with Crippen LogP contribution in [-0.2, 0) is 4.74 Å². The summed E-state index contributed by atoms with van der Waals surface area (Å²) < 4.78 is 12.5. The maximum atomic E-state index is 11.2. The van der Waals surface area contributed by atoms with Gasteiger partial charge >= 0.3 is 6.01 Å². The molecule has 3 rings (SSSR count). The molecule has 17 heavy (non-hydrogen) atoms. The number of hydrogen-bond donors (Lipinski definition) is 2.